The quantitative estimate of drug-likeness (QED) is 0.133. The summed E-state index contributed by atoms with van der Waals surface area (Å²) in [6, 6.07) is 89.2. The molecule has 0 unspecified atom stereocenters. The fraction of sp³-hybridized carbons (Fsp3) is 0.187. The van der Waals surface area contributed by atoms with Gasteiger partial charge in [0.1, 0.15) is 0 Å². The van der Waals surface area contributed by atoms with Crippen LogP contribution < -0.4 is 0 Å². The van der Waals surface area contributed by atoms with Gasteiger partial charge in [-0.05, 0) is 276 Å². The van der Waals surface area contributed by atoms with Crippen LogP contribution in [-0.2, 0) is 0 Å². The van der Waals surface area contributed by atoms with E-state index in [1.54, 1.807) is 0 Å². The summed E-state index contributed by atoms with van der Waals surface area (Å²) >= 11 is 0. The molecule has 0 spiro atoms. The van der Waals surface area contributed by atoms with Crippen molar-refractivity contribution < 1.29 is 0 Å². The zero-order valence-corrected chi connectivity index (χ0v) is 57.2. The summed E-state index contributed by atoms with van der Waals surface area (Å²) in [7, 11) is 0. The number of rotatable bonds is 0. The molecular formula is C91H92. The molecule has 0 aliphatic carbocycles. The molecule has 456 valence electrons. The lowest BCUT2D eigenvalue weighted by Gasteiger charge is -2.11. The van der Waals surface area contributed by atoms with Crippen LogP contribution in [0.15, 0.2) is 249 Å². The highest BCUT2D eigenvalue weighted by atomic mass is 14.1. The fourth-order valence-electron chi connectivity index (χ4n) is 12.6. The standard InChI is InChI=1S/C17H16.C16H14.C15H12.2C12H12.C10H14.C9H12/c1-11-4-6-15-14(8-11)10-13(3)17-9-12(2)5-7-16(15)17;1-11-12(2)14-8-4-6-10-16(14)15-9-5-3-7-13(11)15;1-11-10-12-6-2-3-8-14(12)15-9-5-4-7-13(11)15;1-9-7-8-11-5-3-4-6-12(11)10(9)2;1-9-7-8-10(2)12-6-4-3-5-11(9)12;1-7-5-8(2)10(4)9(3)6-7;1-7-4-5-8(2)9(3)6-7/h4-10H,1-3H3;3-10H,1-2H3;2-10H,1H3;2*3-8H,1-2H3;5-6H,1-4H3;4-6H,1-3H3. The highest BCUT2D eigenvalue weighted by molar-refractivity contribution is 6.11. The molecule has 0 fully saturated rings. The van der Waals surface area contributed by atoms with Crippen LogP contribution in [0, 0.1) is 118 Å². The fourth-order valence-corrected chi connectivity index (χ4v) is 12.6. The van der Waals surface area contributed by atoms with E-state index in [1.807, 2.05) is 0 Å². The second kappa shape index (κ2) is 29.8. The van der Waals surface area contributed by atoms with Crippen molar-refractivity contribution in [2.45, 2.75) is 118 Å². The Balaban J connectivity index is 0.000000127. The van der Waals surface area contributed by atoms with E-state index in [0.29, 0.717) is 0 Å². The molecule has 0 amide bonds. The molecule has 0 N–H and O–H groups in total. The van der Waals surface area contributed by atoms with Gasteiger partial charge in [-0.25, -0.2) is 0 Å². The lowest BCUT2D eigenvalue weighted by Crippen LogP contribution is -1.87. The van der Waals surface area contributed by atoms with Gasteiger partial charge in [0.2, 0.25) is 0 Å². The van der Waals surface area contributed by atoms with Crippen LogP contribution in [0.3, 0.4) is 0 Å². The van der Waals surface area contributed by atoms with E-state index in [9.17, 15) is 0 Å². The first kappa shape index (κ1) is 65.8. The number of aryl methyl sites for hydroxylation is 16. The lowest BCUT2D eigenvalue weighted by molar-refractivity contribution is 1.23. The van der Waals surface area contributed by atoms with Gasteiger partial charge < -0.3 is 0 Å². The molecule has 91 heavy (non-hydrogen) atoms. The van der Waals surface area contributed by atoms with Crippen molar-refractivity contribution in [3.05, 3.63) is 343 Å². The molecule has 0 heteroatoms. The van der Waals surface area contributed by atoms with Crippen LogP contribution >= 0.6 is 0 Å². The second-order valence-electron chi connectivity index (χ2n) is 25.4. The Labute approximate surface area is 543 Å². The van der Waals surface area contributed by atoms with E-state index in [-0.39, 0.29) is 0 Å². The molecule has 15 aromatic carbocycles. The first-order valence-corrected chi connectivity index (χ1v) is 32.3. The summed E-state index contributed by atoms with van der Waals surface area (Å²) < 4.78 is 0. The van der Waals surface area contributed by atoms with E-state index in [0.717, 1.165) is 0 Å². The van der Waals surface area contributed by atoms with Gasteiger partial charge in [-0.1, -0.05) is 271 Å². The molecule has 0 saturated carbocycles. The van der Waals surface area contributed by atoms with Crippen LogP contribution in [0.2, 0.25) is 0 Å². The zero-order valence-electron chi connectivity index (χ0n) is 57.2. The Kier molecular flexibility index (Phi) is 21.5. The lowest BCUT2D eigenvalue weighted by atomic mass is 9.93. The Morgan fingerprint density at radius 3 is 1.00 bits per heavy atom. The summed E-state index contributed by atoms with van der Waals surface area (Å²) in [5.74, 6) is 0. The van der Waals surface area contributed by atoms with E-state index in [2.05, 4.69) is 366 Å². The van der Waals surface area contributed by atoms with Crippen molar-refractivity contribution in [1.29, 1.82) is 0 Å². The van der Waals surface area contributed by atoms with Crippen LogP contribution in [0.5, 0.6) is 0 Å². The van der Waals surface area contributed by atoms with Crippen molar-refractivity contribution in [1.82, 2.24) is 0 Å². The van der Waals surface area contributed by atoms with Crippen molar-refractivity contribution in [3.63, 3.8) is 0 Å². The maximum absolute atomic E-state index is 2.30. The largest absolute Gasteiger partial charge is 0.0616 e. The first-order valence-electron chi connectivity index (χ1n) is 32.3. The predicted molar refractivity (Wildman–Crippen MR) is 406 cm³/mol. The Hall–Kier alpha value is -9.62. The summed E-state index contributed by atoms with van der Waals surface area (Å²) in [5, 5.41) is 21.8. The van der Waals surface area contributed by atoms with E-state index >= 15 is 0 Å². The maximum Gasteiger partial charge on any atom is -0.0103 e. The molecule has 15 aromatic rings. The highest BCUT2D eigenvalue weighted by Crippen LogP contribution is 2.33. The molecule has 0 saturated heterocycles. The van der Waals surface area contributed by atoms with Crippen molar-refractivity contribution in [3.8, 4) is 0 Å². The maximum atomic E-state index is 2.30. The van der Waals surface area contributed by atoms with Gasteiger partial charge in [-0.2, -0.15) is 0 Å². The number of fused-ring (bicyclic) bond motifs is 11. The van der Waals surface area contributed by atoms with Gasteiger partial charge in [0, 0.05) is 0 Å². The Bertz CT molecular complexity index is 4930. The van der Waals surface area contributed by atoms with Crippen LogP contribution in [-0.4, -0.2) is 0 Å². The average Bonchev–Trinajstić information content (AvgIpc) is 0.809. The Morgan fingerprint density at radius 1 is 0.132 bits per heavy atom. The molecule has 0 aliphatic rings. The number of benzene rings is 15. The molecule has 0 aliphatic heterocycles. The minimum absolute atomic E-state index is 1.32. The summed E-state index contributed by atoms with van der Waals surface area (Å²) in [4.78, 5) is 0. The first-order chi connectivity index (χ1) is 43.7. The second-order valence-corrected chi connectivity index (χ2v) is 25.4. The van der Waals surface area contributed by atoms with Crippen LogP contribution in [0.25, 0.3) is 86.2 Å². The van der Waals surface area contributed by atoms with E-state index in [1.165, 1.54) is 181 Å². The Morgan fingerprint density at radius 2 is 0.473 bits per heavy atom. The normalized spacial score (nSPS) is 10.7. The molecular weight excluding hydrogens is 1090 g/mol. The monoisotopic (exact) mass is 1180 g/mol. The van der Waals surface area contributed by atoms with Crippen molar-refractivity contribution >= 4 is 86.2 Å². The van der Waals surface area contributed by atoms with Crippen molar-refractivity contribution in [2.24, 2.45) is 0 Å². The molecule has 0 radical (unpaired) electrons. The molecule has 0 atom stereocenters. The van der Waals surface area contributed by atoms with Gasteiger partial charge in [0.15, 0.2) is 0 Å². The third-order valence-corrected chi connectivity index (χ3v) is 18.5. The minimum Gasteiger partial charge on any atom is -0.0616 e. The molecule has 0 heterocycles. The average molecular weight is 1190 g/mol. The van der Waals surface area contributed by atoms with Gasteiger partial charge in [-0.15, -0.1) is 0 Å². The van der Waals surface area contributed by atoms with Crippen molar-refractivity contribution in [2.75, 3.05) is 0 Å². The summed E-state index contributed by atoms with van der Waals surface area (Å²) in [6.07, 6.45) is 0. The van der Waals surface area contributed by atoms with Crippen LogP contribution in [0.4, 0.5) is 0 Å². The summed E-state index contributed by atoms with van der Waals surface area (Å²) in [5.41, 5.74) is 23.3. The SMILES string of the molecule is Cc1c(C)c2ccccc2c2ccccc12.Cc1cc(C)c(C)c(C)c1.Cc1cc2ccccc2c2ccccc12.Cc1ccc(C)c(C)c1.Cc1ccc(C)c2ccccc12.Cc1ccc2c(c1)cc(C)c1cc(C)ccc12.Cc1ccc2ccccc2c1C. The minimum atomic E-state index is 1.32. The predicted octanol–water partition coefficient (Wildman–Crippen LogP) is 26.3. The molecule has 15 rings (SSSR count). The third kappa shape index (κ3) is 15.7. The van der Waals surface area contributed by atoms with Gasteiger partial charge in [0.05, 0.1) is 0 Å². The smallest absolute Gasteiger partial charge is 0.0103 e. The number of hydrogen-bond acceptors (Lipinski definition) is 0. The third-order valence-electron chi connectivity index (χ3n) is 18.5. The molecule has 0 nitrogen and oxygen atoms in total. The van der Waals surface area contributed by atoms with E-state index < -0.39 is 0 Å². The topological polar surface area (TPSA) is 0 Å². The highest BCUT2D eigenvalue weighted by Gasteiger charge is 2.09. The van der Waals surface area contributed by atoms with Gasteiger partial charge in [0.25, 0.3) is 0 Å². The van der Waals surface area contributed by atoms with Gasteiger partial charge >= 0.3 is 0 Å². The molecule has 0 aromatic heterocycles. The number of hydrogen-bond donors (Lipinski definition) is 0. The van der Waals surface area contributed by atoms with Crippen LogP contribution in [0.1, 0.15) is 94.6 Å². The van der Waals surface area contributed by atoms with E-state index in [4.69, 9.17) is 0 Å². The van der Waals surface area contributed by atoms with Gasteiger partial charge in [-0.3, -0.25) is 0 Å². The zero-order chi connectivity index (χ0) is 65.0. The molecule has 0 bridgehead atoms. The summed E-state index contributed by atoms with van der Waals surface area (Å²) in [6.45, 7) is 36.8.